The first kappa shape index (κ1) is 29.3. The van der Waals surface area contributed by atoms with E-state index in [0.29, 0.717) is 6.42 Å². The number of carbonyl (C=O) groups excluding carboxylic acids is 3. The van der Waals surface area contributed by atoms with Gasteiger partial charge in [0, 0.05) is 12.2 Å². The standard InChI is InChI=1S/C35H34O6/c1-4-35(2,3)34(38)40-24-29(41-33(37)22-20-28-16-10-14-26-12-6-8-18-31(26)28)23-39-32(36)21-19-27-15-9-13-25-11-5-7-17-30(25)27/h5-22,29H,4,23-24H2,1-3H3/b21-19+,22-20+. The zero-order valence-corrected chi connectivity index (χ0v) is 23.5. The minimum absolute atomic E-state index is 0.240. The van der Waals surface area contributed by atoms with Crippen LogP contribution in [0.15, 0.2) is 97.1 Å². The maximum absolute atomic E-state index is 12.7. The molecule has 6 nitrogen and oxygen atoms in total. The van der Waals surface area contributed by atoms with Crippen molar-refractivity contribution in [1.29, 1.82) is 0 Å². The fourth-order valence-corrected chi connectivity index (χ4v) is 4.16. The molecule has 41 heavy (non-hydrogen) atoms. The van der Waals surface area contributed by atoms with E-state index in [4.69, 9.17) is 14.2 Å². The topological polar surface area (TPSA) is 78.9 Å². The molecule has 0 aliphatic carbocycles. The lowest BCUT2D eigenvalue weighted by molar-refractivity contribution is -0.167. The minimum atomic E-state index is -0.980. The smallest absolute Gasteiger partial charge is 0.331 e. The summed E-state index contributed by atoms with van der Waals surface area (Å²) in [5, 5.41) is 4.12. The van der Waals surface area contributed by atoms with E-state index < -0.39 is 29.4 Å². The maximum Gasteiger partial charge on any atom is 0.331 e. The molecule has 0 N–H and O–H groups in total. The monoisotopic (exact) mass is 550 g/mol. The van der Waals surface area contributed by atoms with Crippen LogP contribution in [0.4, 0.5) is 0 Å². The summed E-state index contributed by atoms with van der Waals surface area (Å²) in [5.74, 6) is -1.67. The Bertz CT molecular complexity index is 1590. The summed E-state index contributed by atoms with van der Waals surface area (Å²) >= 11 is 0. The van der Waals surface area contributed by atoms with Crippen LogP contribution in [-0.4, -0.2) is 37.2 Å². The number of benzene rings is 4. The highest BCUT2D eigenvalue weighted by atomic mass is 16.6. The Balaban J connectivity index is 1.42. The number of ether oxygens (including phenoxy) is 3. The maximum atomic E-state index is 12.7. The number of rotatable bonds is 11. The Morgan fingerprint density at radius 1 is 0.683 bits per heavy atom. The van der Waals surface area contributed by atoms with Gasteiger partial charge >= 0.3 is 17.9 Å². The van der Waals surface area contributed by atoms with E-state index in [-0.39, 0.29) is 13.2 Å². The van der Waals surface area contributed by atoms with Gasteiger partial charge in [-0.1, -0.05) is 91.9 Å². The summed E-state index contributed by atoms with van der Waals surface area (Å²) in [6.07, 6.45) is 5.60. The Kier molecular flexibility index (Phi) is 9.69. The summed E-state index contributed by atoms with van der Waals surface area (Å²) in [6.45, 7) is 4.94. The summed E-state index contributed by atoms with van der Waals surface area (Å²) in [4.78, 5) is 37.8. The Morgan fingerprint density at radius 2 is 1.17 bits per heavy atom. The van der Waals surface area contributed by atoms with Crippen LogP contribution in [0.3, 0.4) is 0 Å². The van der Waals surface area contributed by atoms with Crippen molar-refractivity contribution in [2.75, 3.05) is 13.2 Å². The third-order valence-corrected chi connectivity index (χ3v) is 6.98. The molecule has 210 valence electrons. The molecule has 0 saturated carbocycles. The van der Waals surface area contributed by atoms with Crippen molar-refractivity contribution < 1.29 is 28.6 Å². The molecule has 0 aliphatic heterocycles. The summed E-state index contributed by atoms with van der Waals surface area (Å²) in [5.41, 5.74) is 1.04. The largest absolute Gasteiger partial charge is 0.461 e. The van der Waals surface area contributed by atoms with E-state index in [1.165, 1.54) is 12.2 Å². The zero-order chi connectivity index (χ0) is 29.2. The van der Waals surface area contributed by atoms with Crippen LogP contribution in [0.5, 0.6) is 0 Å². The molecule has 4 rings (SSSR count). The number of hydrogen-bond acceptors (Lipinski definition) is 6. The van der Waals surface area contributed by atoms with E-state index >= 15 is 0 Å². The second-order valence-electron chi connectivity index (χ2n) is 10.3. The quantitative estimate of drug-likeness (QED) is 0.112. The predicted molar refractivity (Wildman–Crippen MR) is 162 cm³/mol. The highest BCUT2D eigenvalue weighted by molar-refractivity contribution is 5.96. The SMILES string of the molecule is CCC(C)(C)C(=O)OCC(COC(=O)/C=C/c1cccc2ccccc12)OC(=O)/C=C/c1cccc2ccccc12. The predicted octanol–water partition coefficient (Wildman–Crippen LogP) is 7.15. The summed E-state index contributed by atoms with van der Waals surface area (Å²) in [6, 6.07) is 27.4. The van der Waals surface area contributed by atoms with Crippen molar-refractivity contribution in [2.45, 2.75) is 33.3 Å². The fraction of sp³-hybridized carbons (Fsp3) is 0.229. The molecule has 0 aliphatic rings. The van der Waals surface area contributed by atoms with Gasteiger partial charge in [0.2, 0.25) is 0 Å². The van der Waals surface area contributed by atoms with Gasteiger partial charge in [0.25, 0.3) is 0 Å². The van der Waals surface area contributed by atoms with Crippen molar-refractivity contribution in [2.24, 2.45) is 5.41 Å². The molecular formula is C35H34O6. The lowest BCUT2D eigenvalue weighted by Crippen LogP contribution is -2.33. The zero-order valence-electron chi connectivity index (χ0n) is 23.5. The van der Waals surface area contributed by atoms with Gasteiger partial charge in [0.15, 0.2) is 6.10 Å². The molecule has 4 aromatic rings. The van der Waals surface area contributed by atoms with E-state index in [0.717, 1.165) is 32.7 Å². The molecule has 0 fully saturated rings. The van der Waals surface area contributed by atoms with E-state index in [9.17, 15) is 14.4 Å². The lowest BCUT2D eigenvalue weighted by atomic mass is 9.91. The normalized spacial score (nSPS) is 12.6. The van der Waals surface area contributed by atoms with Crippen molar-refractivity contribution in [1.82, 2.24) is 0 Å². The number of esters is 3. The van der Waals surface area contributed by atoms with Crippen LogP contribution in [-0.2, 0) is 28.6 Å². The fourth-order valence-electron chi connectivity index (χ4n) is 4.16. The molecule has 0 radical (unpaired) electrons. The van der Waals surface area contributed by atoms with Crippen LogP contribution in [0, 0.1) is 5.41 Å². The Hall–Kier alpha value is -4.71. The highest BCUT2D eigenvalue weighted by Crippen LogP contribution is 2.23. The molecule has 6 heteroatoms. The first-order valence-electron chi connectivity index (χ1n) is 13.6. The van der Waals surface area contributed by atoms with Crippen molar-refractivity contribution >= 4 is 51.6 Å². The molecule has 0 heterocycles. The number of hydrogen-bond donors (Lipinski definition) is 0. The van der Waals surface area contributed by atoms with Crippen molar-refractivity contribution in [3.05, 3.63) is 108 Å². The van der Waals surface area contributed by atoms with Crippen LogP contribution in [0.2, 0.25) is 0 Å². The van der Waals surface area contributed by atoms with Crippen molar-refractivity contribution in [3.63, 3.8) is 0 Å². The Morgan fingerprint density at radius 3 is 1.73 bits per heavy atom. The lowest BCUT2D eigenvalue weighted by Gasteiger charge is -2.23. The van der Waals surface area contributed by atoms with E-state index in [1.54, 1.807) is 26.0 Å². The molecule has 0 spiro atoms. The molecule has 0 amide bonds. The first-order valence-corrected chi connectivity index (χ1v) is 13.6. The van der Waals surface area contributed by atoms with Gasteiger partial charge in [-0.3, -0.25) is 4.79 Å². The van der Waals surface area contributed by atoms with Gasteiger partial charge in [-0.25, -0.2) is 9.59 Å². The third-order valence-electron chi connectivity index (χ3n) is 6.98. The molecule has 4 aromatic carbocycles. The van der Waals surface area contributed by atoms with Crippen LogP contribution in [0.1, 0.15) is 38.3 Å². The summed E-state index contributed by atoms with van der Waals surface area (Å²) in [7, 11) is 0. The second kappa shape index (κ2) is 13.6. The van der Waals surface area contributed by atoms with Gasteiger partial charge in [-0.05, 0) is 65.1 Å². The van der Waals surface area contributed by atoms with E-state index in [2.05, 4.69) is 0 Å². The number of fused-ring (bicyclic) bond motifs is 2. The van der Waals surface area contributed by atoms with E-state index in [1.807, 2.05) is 91.9 Å². The molecular weight excluding hydrogens is 516 g/mol. The average molecular weight is 551 g/mol. The minimum Gasteiger partial charge on any atom is -0.461 e. The average Bonchev–Trinajstić information content (AvgIpc) is 2.99. The van der Waals surface area contributed by atoms with Gasteiger partial charge < -0.3 is 14.2 Å². The molecule has 1 atom stereocenters. The van der Waals surface area contributed by atoms with Gasteiger partial charge in [0.1, 0.15) is 13.2 Å². The highest BCUT2D eigenvalue weighted by Gasteiger charge is 2.28. The van der Waals surface area contributed by atoms with Crippen LogP contribution >= 0.6 is 0 Å². The van der Waals surface area contributed by atoms with Crippen molar-refractivity contribution in [3.8, 4) is 0 Å². The second-order valence-corrected chi connectivity index (χ2v) is 10.3. The van der Waals surface area contributed by atoms with Crippen LogP contribution < -0.4 is 0 Å². The third kappa shape index (κ3) is 7.92. The summed E-state index contributed by atoms with van der Waals surface area (Å²) < 4.78 is 16.4. The molecule has 0 bridgehead atoms. The van der Waals surface area contributed by atoms with Crippen LogP contribution in [0.25, 0.3) is 33.7 Å². The molecule has 0 aromatic heterocycles. The first-order chi connectivity index (χ1) is 19.8. The van der Waals surface area contributed by atoms with Gasteiger partial charge in [-0.15, -0.1) is 0 Å². The number of carbonyl (C=O) groups is 3. The molecule has 0 saturated heterocycles. The Labute approximate surface area is 240 Å². The van der Waals surface area contributed by atoms with Gasteiger partial charge in [-0.2, -0.15) is 0 Å². The molecule has 1 unspecified atom stereocenters. The van der Waals surface area contributed by atoms with Gasteiger partial charge in [0.05, 0.1) is 5.41 Å².